The molecule has 0 bridgehead atoms. The number of nitrogens with one attached hydrogen (secondary N) is 1. The van der Waals surface area contributed by atoms with Gasteiger partial charge in [-0.1, -0.05) is 18.2 Å². The first-order chi connectivity index (χ1) is 9.22. The van der Waals surface area contributed by atoms with Crippen LogP contribution >= 0.6 is 22.6 Å². The van der Waals surface area contributed by atoms with Crippen molar-refractivity contribution in [3.63, 3.8) is 0 Å². The molecule has 3 rings (SSSR count). The molecule has 4 heteroatoms. The van der Waals surface area contributed by atoms with Gasteiger partial charge in [-0.25, -0.2) is 0 Å². The van der Waals surface area contributed by atoms with E-state index in [4.69, 9.17) is 4.74 Å². The zero-order valence-electron chi connectivity index (χ0n) is 9.89. The first-order valence-electron chi connectivity index (χ1n) is 5.78. The van der Waals surface area contributed by atoms with Gasteiger partial charge in [0.1, 0.15) is 11.5 Å². The Morgan fingerprint density at radius 3 is 2.68 bits per heavy atom. The van der Waals surface area contributed by atoms with Crippen LogP contribution in [0.25, 0.3) is 10.9 Å². The number of aromatic amines is 1. The first kappa shape index (κ1) is 12.2. The van der Waals surface area contributed by atoms with Crippen LogP contribution < -0.4 is 10.3 Å². The van der Waals surface area contributed by atoms with Crippen LogP contribution in [0.3, 0.4) is 0 Å². The fourth-order valence-corrected chi connectivity index (χ4v) is 2.43. The van der Waals surface area contributed by atoms with Gasteiger partial charge in [0.25, 0.3) is 5.56 Å². The lowest BCUT2D eigenvalue weighted by Crippen LogP contribution is -2.04. The molecular weight excluding hydrogens is 353 g/mol. The normalized spacial score (nSPS) is 10.6. The number of H-pyrrole nitrogens is 1. The Labute approximate surface area is 123 Å². The van der Waals surface area contributed by atoms with Gasteiger partial charge in [-0.2, -0.15) is 0 Å². The molecule has 0 radical (unpaired) electrons. The minimum absolute atomic E-state index is 0.167. The highest BCUT2D eigenvalue weighted by Crippen LogP contribution is 2.27. The number of ether oxygens (including phenoxy) is 1. The van der Waals surface area contributed by atoms with E-state index < -0.39 is 0 Å². The highest BCUT2D eigenvalue weighted by atomic mass is 127. The predicted octanol–water partition coefficient (Wildman–Crippen LogP) is 3.93. The van der Waals surface area contributed by atoms with Crippen molar-refractivity contribution in [3.05, 3.63) is 68.5 Å². The van der Waals surface area contributed by atoms with E-state index in [0.29, 0.717) is 5.75 Å². The second-order valence-electron chi connectivity index (χ2n) is 4.10. The zero-order chi connectivity index (χ0) is 13.2. The monoisotopic (exact) mass is 363 g/mol. The maximum Gasteiger partial charge on any atom is 0.252 e. The quantitative estimate of drug-likeness (QED) is 0.702. The second kappa shape index (κ2) is 5.05. The Balaban J connectivity index is 2.12. The molecule has 0 atom stereocenters. The molecule has 1 N–H and O–H groups in total. The number of hydrogen-bond acceptors (Lipinski definition) is 2. The van der Waals surface area contributed by atoms with Crippen LogP contribution in [-0.4, -0.2) is 4.98 Å². The first-order valence-corrected chi connectivity index (χ1v) is 6.86. The Kier molecular flexibility index (Phi) is 3.25. The smallest absolute Gasteiger partial charge is 0.252 e. The highest BCUT2D eigenvalue weighted by molar-refractivity contribution is 14.1. The van der Waals surface area contributed by atoms with Gasteiger partial charge in [-0.05, 0) is 52.9 Å². The molecule has 1 aromatic heterocycles. The van der Waals surface area contributed by atoms with Crippen LogP contribution in [0.15, 0.2) is 59.4 Å². The number of fused-ring (bicyclic) bond motifs is 1. The molecule has 0 fully saturated rings. The third-order valence-corrected chi connectivity index (χ3v) is 3.41. The predicted molar refractivity (Wildman–Crippen MR) is 83.8 cm³/mol. The van der Waals surface area contributed by atoms with E-state index in [9.17, 15) is 4.79 Å². The molecule has 0 unspecified atom stereocenters. The Bertz CT molecular complexity index is 795. The number of aromatic nitrogens is 1. The summed E-state index contributed by atoms with van der Waals surface area (Å²) in [4.78, 5) is 14.4. The van der Waals surface area contributed by atoms with Crippen molar-refractivity contribution in [1.29, 1.82) is 0 Å². The average molecular weight is 363 g/mol. The molecule has 94 valence electrons. The Hall–Kier alpha value is -1.82. The van der Waals surface area contributed by atoms with Crippen LogP contribution in [0.5, 0.6) is 11.5 Å². The van der Waals surface area contributed by atoms with E-state index >= 15 is 0 Å². The highest BCUT2D eigenvalue weighted by Gasteiger charge is 2.05. The number of rotatable bonds is 2. The van der Waals surface area contributed by atoms with Gasteiger partial charge in [0.15, 0.2) is 0 Å². The molecule has 0 aliphatic carbocycles. The van der Waals surface area contributed by atoms with E-state index in [-0.39, 0.29) is 5.56 Å². The maximum atomic E-state index is 11.6. The molecule has 0 spiro atoms. The molecule has 1 heterocycles. The van der Waals surface area contributed by atoms with Crippen molar-refractivity contribution in [3.8, 4) is 11.5 Å². The van der Waals surface area contributed by atoms with Gasteiger partial charge in [0.05, 0.1) is 5.52 Å². The number of para-hydroxylation sites is 1. The lowest BCUT2D eigenvalue weighted by molar-refractivity contribution is 0.487. The van der Waals surface area contributed by atoms with Crippen molar-refractivity contribution in [2.45, 2.75) is 0 Å². The number of pyridine rings is 1. The fourth-order valence-electron chi connectivity index (χ4n) is 1.91. The maximum absolute atomic E-state index is 11.6. The standard InChI is InChI=1S/C15H10INO2/c16-10-4-3-5-11(8-10)19-14-9-15(18)17-13-7-2-1-6-12(13)14/h1-9H,(H,17,18). The molecule has 0 aliphatic rings. The number of benzene rings is 2. The van der Waals surface area contributed by atoms with Crippen molar-refractivity contribution >= 4 is 33.5 Å². The molecular formula is C15H10INO2. The molecule has 0 saturated carbocycles. The summed E-state index contributed by atoms with van der Waals surface area (Å²) in [5, 5.41) is 0.890. The van der Waals surface area contributed by atoms with Crippen LogP contribution in [0.2, 0.25) is 0 Å². The third kappa shape index (κ3) is 2.63. The summed E-state index contributed by atoms with van der Waals surface area (Å²) in [7, 11) is 0. The van der Waals surface area contributed by atoms with Crippen molar-refractivity contribution in [1.82, 2.24) is 4.98 Å². The van der Waals surface area contributed by atoms with Gasteiger partial charge in [0, 0.05) is 15.0 Å². The summed E-state index contributed by atoms with van der Waals surface area (Å²) in [5.74, 6) is 1.30. The van der Waals surface area contributed by atoms with Gasteiger partial charge < -0.3 is 9.72 Å². The number of hydrogen-bond donors (Lipinski definition) is 1. The summed E-state index contributed by atoms with van der Waals surface area (Å²) in [6, 6.07) is 16.8. The van der Waals surface area contributed by atoms with Gasteiger partial charge >= 0.3 is 0 Å². The van der Waals surface area contributed by atoms with Crippen LogP contribution in [0.4, 0.5) is 0 Å². The lowest BCUT2D eigenvalue weighted by Gasteiger charge is -2.08. The van der Waals surface area contributed by atoms with Gasteiger partial charge in [0.2, 0.25) is 0 Å². The molecule has 3 nitrogen and oxygen atoms in total. The minimum Gasteiger partial charge on any atom is -0.456 e. The molecule has 0 amide bonds. The molecule has 19 heavy (non-hydrogen) atoms. The van der Waals surface area contributed by atoms with E-state index in [0.717, 1.165) is 20.2 Å². The van der Waals surface area contributed by atoms with Gasteiger partial charge in [-0.3, -0.25) is 4.79 Å². The van der Waals surface area contributed by atoms with E-state index in [1.54, 1.807) is 0 Å². The number of halogens is 1. The Morgan fingerprint density at radius 2 is 1.84 bits per heavy atom. The fraction of sp³-hybridized carbons (Fsp3) is 0. The summed E-state index contributed by atoms with van der Waals surface area (Å²) in [6.07, 6.45) is 0. The zero-order valence-corrected chi connectivity index (χ0v) is 12.0. The van der Waals surface area contributed by atoms with Crippen molar-refractivity contribution in [2.24, 2.45) is 0 Å². The third-order valence-electron chi connectivity index (χ3n) is 2.74. The topological polar surface area (TPSA) is 42.1 Å². The average Bonchev–Trinajstić information content (AvgIpc) is 2.38. The molecule has 2 aromatic carbocycles. The summed E-state index contributed by atoms with van der Waals surface area (Å²) in [5.41, 5.74) is 0.606. The van der Waals surface area contributed by atoms with Crippen LogP contribution in [-0.2, 0) is 0 Å². The van der Waals surface area contributed by atoms with Crippen molar-refractivity contribution in [2.75, 3.05) is 0 Å². The minimum atomic E-state index is -0.167. The van der Waals surface area contributed by atoms with Gasteiger partial charge in [-0.15, -0.1) is 0 Å². The molecule has 3 aromatic rings. The Morgan fingerprint density at radius 1 is 1.00 bits per heavy atom. The van der Waals surface area contributed by atoms with Crippen LogP contribution in [0, 0.1) is 3.57 Å². The van der Waals surface area contributed by atoms with E-state index in [1.807, 2.05) is 48.5 Å². The van der Waals surface area contributed by atoms with E-state index in [1.165, 1.54) is 6.07 Å². The molecule has 0 aliphatic heterocycles. The lowest BCUT2D eigenvalue weighted by atomic mass is 10.2. The van der Waals surface area contributed by atoms with E-state index in [2.05, 4.69) is 27.6 Å². The molecule has 0 saturated heterocycles. The van der Waals surface area contributed by atoms with Crippen LogP contribution in [0.1, 0.15) is 0 Å². The largest absolute Gasteiger partial charge is 0.456 e. The van der Waals surface area contributed by atoms with Crippen molar-refractivity contribution < 1.29 is 4.74 Å². The SMILES string of the molecule is O=c1cc(Oc2cccc(I)c2)c2ccccc2[nH]1. The summed E-state index contributed by atoms with van der Waals surface area (Å²) < 4.78 is 6.92. The summed E-state index contributed by atoms with van der Waals surface area (Å²) >= 11 is 2.22. The second-order valence-corrected chi connectivity index (χ2v) is 5.35. The summed E-state index contributed by atoms with van der Waals surface area (Å²) in [6.45, 7) is 0.